The van der Waals surface area contributed by atoms with Gasteiger partial charge in [0.15, 0.2) is 5.65 Å². The number of aromatic nitrogens is 3. The molecule has 5 rings (SSSR count). The molecule has 3 heterocycles. The summed E-state index contributed by atoms with van der Waals surface area (Å²) in [5.74, 6) is 0.338. The third-order valence-corrected chi connectivity index (χ3v) is 7.34. The van der Waals surface area contributed by atoms with E-state index in [1.165, 1.54) is 12.8 Å². The monoisotopic (exact) mass is 531 g/mol. The van der Waals surface area contributed by atoms with Crippen LogP contribution in [-0.2, 0) is 10.0 Å². The van der Waals surface area contributed by atoms with Crippen molar-refractivity contribution >= 4 is 43.2 Å². The number of hydrogen-bond acceptors (Lipinski definition) is 5. The molecular formula is C23H26BrN5O3S. The quantitative estimate of drug-likeness (QED) is 0.525. The van der Waals surface area contributed by atoms with E-state index in [0.29, 0.717) is 22.5 Å². The van der Waals surface area contributed by atoms with Crippen LogP contribution in [0.1, 0.15) is 71.5 Å². The molecule has 2 fully saturated rings. The van der Waals surface area contributed by atoms with Gasteiger partial charge >= 0.3 is 0 Å². The third-order valence-electron chi connectivity index (χ3n) is 6.25. The molecule has 1 aromatic carbocycles. The Kier molecular flexibility index (Phi) is 5.68. The lowest BCUT2D eigenvalue weighted by Gasteiger charge is -2.35. The molecule has 1 saturated heterocycles. The fraction of sp³-hybridized carbons (Fsp3) is 0.435. The van der Waals surface area contributed by atoms with Gasteiger partial charge in [0.25, 0.3) is 5.91 Å². The highest BCUT2D eigenvalue weighted by Gasteiger charge is 2.33. The Labute approximate surface area is 201 Å². The van der Waals surface area contributed by atoms with Gasteiger partial charge < -0.3 is 4.90 Å². The molecule has 0 unspecified atom stereocenters. The molecule has 8 nitrogen and oxygen atoms in total. The highest BCUT2D eigenvalue weighted by atomic mass is 79.9. The van der Waals surface area contributed by atoms with Gasteiger partial charge in [-0.05, 0) is 63.3 Å². The summed E-state index contributed by atoms with van der Waals surface area (Å²) < 4.78 is 28.8. The van der Waals surface area contributed by atoms with Crippen molar-refractivity contribution in [3.63, 3.8) is 0 Å². The summed E-state index contributed by atoms with van der Waals surface area (Å²) in [5, 5.41) is 4.82. The van der Waals surface area contributed by atoms with Crippen molar-refractivity contribution in [2.24, 2.45) is 0 Å². The number of sulfonamides is 1. The Bertz CT molecular complexity index is 1350. The fourth-order valence-electron chi connectivity index (χ4n) is 4.54. The summed E-state index contributed by atoms with van der Waals surface area (Å²) in [6.45, 7) is 2.62. The Morgan fingerprint density at radius 3 is 2.64 bits per heavy atom. The standard InChI is InChI=1S/C23H26BrN5O3S/c1-14-11-19(15-6-7-15)25-22-13-20(26-29(14)22)21-5-3-4-10-28(21)23(30)17-12-16(24)8-9-18(17)27-33(2,31)32/h8-9,11-13,15,21,27H,3-7,10H2,1-2H3/t21-/m0/s1. The van der Waals surface area contributed by atoms with Crippen LogP contribution in [0, 0.1) is 6.92 Å². The van der Waals surface area contributed by atoms with Crippen LogP contribution in [-0.4, -0.2) is 46.6 Å². The summed E-state index contributed by atoms with van der Waals surface area (Å²) in [6.07, 6.45) is 6.13. The van der Waals surface area contributed by atoms with E-state index in [9.17, 15) is 13.2 Å². The lowest BCUT2D eigenvalue weighted by Crippen LogP contribution is -2.39. The fourth-order valence-corrected chi connectivity index (χ4v) is 5.48. The minimum absolute atomic E-state index is 0.193. The number of amides is 1. The van der Waals surface area contributed by atoms with Gasteiger partial charge in [-0.3, -0.25) is 9.52 Å². The number of aryl methyl sites for hydroxylation is 1. The van der Waals surface area contributed by atoms with E-state index in [1.54, 1.807) is 18.2 Å². The van der Waals surface area contributed by atoms with Gasteiger partial charge in [-0.25, -0.2) is 17.9 Å². The first-order valence-electron chi connectivity index (χ1n) is 11.1. The molecule has 33 heavy (non-hydrogen) atoms. The van der Waals surface area contributed by atoms with Crippen molar-refractivity contribution in [3.05, 3.63) is 57.4 Å². The highest BCUT2D eigenvalue weighted by molar-refractivity contribution is 9.10. The number of hydrogen-bond donors (Lipinski definition) is 1. The van der Waals surface area contributed by atoms with E-state index in [4.69, 9.17) is 10.1 Å². The van der Waals surface area contributed by atoms with E-state index in [1.807, 2.05) is 22.4 Å². The number of anilines is 1. The summed E-state index contributed by atoms with van der Waals surface area (Å²) in [4.78, 5) is 20.3. The number of rotatable bonds is 5. The Balaban J connectivity index is 1.52. The Hall–Kier alpha value is -2.46. The van der Waals surface area contributed by atoms with Crippen molar-refractivity contribution in [1.82, 2.24) is 19.5 Å². The number of carbonyl (C=O) groups excluding carboxylic acids is 1. The maximum Gasteiger partial charge on any atom is 0.256 e. The number of piperidine rings is 1. The molecule has 1 amide bonds. The second-order valence-corrected chi connectivity index (χ2v) is 11.7. The van der Waals surface area contributed by atoms with Crippen molar-refractivity contribution in [3.8, 4) is 0 Å². The van der Waals surface area contributed by atoms with E-state index in [2.05, 4.69) is 26.7 Å². The molecule has 1 aliphatic carbocycles. The van der Waals surface area contributed by atoms with Gasteiger partial charge in [0.2, 0.25) is 10.0 Å². The molecule has 0 bridgehead atoms. The van der Waals surface area contributed by atoms with Crippen LogP contribution in [0.2, 0.25) is 0 Å². The highest BCUT2D eigenvalue weighted by Crippen LogP contribution is 2.40. The van der Waals surface area contributed by atoms with Crippen LogP contribution in [0.3, 0.4) is 0 Å². The van der Waals surface area contributed by atoms with Crippen molar-refractivity contribution in [2.75, 3.05) is 17.5 Å². The number of carbonyl (C=O) groups is 1. The number of halogens is 1. The van der Waals surface area contributed by atoms with Crippen LogP contribution in [0.4, 0.5) is 5.69 Å². The molecule has 3 aromatic rings. The zero-order valence-electron chi connectivity index (χ0n) is 18.6. The van der Waals surface area contributed by atoms with E-state index >= 15 is 0 Å². The minimum Gasteiger partial charge on any atom is -0.330 e. The van der Waals surface area contributed by atoms with E-state index in [-0.39, 0.29) is 17.6 Å². The summed E-state index contributed by atoms with van der Waals surface area (Å²) in [7, 11) is -3.53. The number of nitrogens with one attached hydrogen (secondary N) is 1. The molecular weight excluding hydrogens is 506 g/mol. The molecule has 1 aliphatic heterocycles. The average molecular weight is 532 g/mol. The van der Waals surface area contributed by atoms with Crippen molar-refractivity contribution in [1.29, 1.82) is 0 Å². The summed E-state index contributed by atoms with van der Waals surface area (Å²) in [6, 6.07) is 8.89. The van der Waals surface area contributed by atoms with Gasteiger partial charge in [0, 0.05) is 34.4 Å². The average Bonchev–Trinajstić information content (AvgIpc) is 3.52. The van der Waals surface area contributed by atoms with E-state index in [0.717, 1.165) is 48.2 Å². The summed E-state index contributed by atoms with van der Waals surface area (Å²) >= 11 is 3.41. The van der Waals surface area contributed by atoms with Gasteiger partial charge in [0.05, 0.1) is 29.2 Å². The molecule has 2 aliphatic rings. The normalized spacial score (nSPS) is 19.1. The third kappa shape index (κ3) is 4.63. The molecule has 1 N–H and O–H groups in total. The largest absolute Gasteiger partial charge is 0.330 e. The van der Waals surface area contributed by atoms with Gasteiger partial charge in [-0.15, -0.1) is 0 Å². The van der Waals surface area contributed by atoms with Crippen molar-refractivity contribution in [2.45, 2.75) is 51.0 Å². The molecule has 1 atom stereocenters. The van der Waals surface area contributed by atoms with E-state index < -0.39 is 10.0 Å². The van der Waals surface area contributed by atoms with Crippen LogP contribution in [0.25, 0.3) is 5.65 Å². The number of benzene rings is 1. The zero-order chi connectivity index (χ0) is 23.3. The second-order valence-electron chi connectivity index (χ2n) is 9.01. The maximum absolute atomic E-state index is 13.7. The first-order chi connectivity index (χ1) is 15.7. The van der Waals surface area contributed by atoms with Crippen LogP contribution < -0.4 is 4.72 Å². The predicted octanol–water partition coefficient (Wildman–Crippen LogP) is 4.42. The lowest BCUT2D eigenvalue weighted by molar-refractivity contribution is 0.0606. The smallest absolute Gasteiger partial charge is 0.256 e. The molecule has 2 aromatic heterocycles. The first kappa shape index (κ1) is 22.3. The summed E-state index contributed by atoms with van der Waals surface area (Å²) in [5.41, 5.74) is 4.38. The Morgan fingerprint density at radius 1 is 1.12 bits per heavy atom. The van der Waals surface area contributed by atoms with Gasteiger partial charge in [0.1, 0.15) is 0 Å². The maximum atomic E-state index is 13.7. The first-order valence-corrected chi connectivity index (χ1v) is 13.8. The number of fused-ring (bicyclic) bond motifs is 1. The van der Waals surface area contributed by atoms with Gasteiger partial charge in [-0.2, -0.15) is 5.10 Å². The molecule has 0 radical (unpaired) electrons. The molecule has 0 spiro atoms. The van der Waals surface area contributed by atoms with Crippen molar-refractivity contribution < 1.29 is 13.2 Å². The SMILES string of the molecule is Cc1cc(C2CC2)nc2cc([C@@H]3CCCCN3C(=O)c3cc(Br)ccc3NS(C)(=O)=O)nn12. The Morgan fingerprint density at radius 2 is 1.91 bits per heavy atom. The minimum atomic E-state index is -3.53. The lowest BCUT2D eigenvalue weighted by atomic mass is 9.98. The predicted molar refractivity (Wildman–Crippen MR) is 130 cm³/mol. The molecule has 1 saturated carbocycles. The van der Waals surface area contributed by atoms with Crippen LogP contribution >= 0.6 is 15.9 Å². The molecule has 10 heteroatoms. The van der Waals surface area contributed by atoms with Gasteiger partial charge in [-0.1, -0.05) is 15.9 Å². The zero-order valence-corrected chi connectivity index (χ0v) is 21.0. The number of likely N-dealkylation sites (tertiary alicyclic amines) is 1. The number of nitrogens with zero attached hydrogens (tertiary/aromatic N) is 4. The molecule has 174 valence electrons. The topological polar surface area (TPSA) is 96.7 Å². The van der Waals surface area contributed by atoms with Crippen LogP contribution in [0.5, 0.6) is 0 Å². The second kappa shape index (κ2) is 8.39. The van der Waals surface area contributed by atoms with Crippen LogP contribution in [0.15, 0.2) is 34.8 Å².